The fourth-order valence-electron chi connectivity index (χ4n) is 2.42. The molecule has 0 aromatic heterocycles. The normalized spacial score (nSPS) is 16.6. The first-order valence-electron chi connectivity index (χ1n) is 5.75. The van der Waals surface area contributed by atoms with Crippen LogP contribution in [0.15, 0.2) is 18.2 Å². The minimum atomic E-state index is 0.239. The molecule has 0 spiro atoms. The zero-order valence-electron chi connectivity index (χ0n) is 9.53. The molecule has 0 saturated carbocycles. The summed E-state index contributed by atoms with van der Waals surface area (Å²) in [5.74, 6) is 0.261. The van der Waals surface area contributed by atoms with Gasteiger partial charge in [0.1, 0.15) is 0 Å². The summed E-state index contributed by atoms with van der Waals surface area (Å²) in [7, 11) is 0. The Morgan fingerprint density at radius 3 is 2.93 bits per heavy atom. The lowest BCUT2D eigenvalue weighted by atomic mass is 9.95. The molecule has 0 aliphatic carbocycles. The molecule has 1 atom stereocenters. The maximum atomic E-state index is 9.23. The summed E-state index contributed by atoms with van der Waals surface area (Å²) < 4.78 is 0. The summed E-state index contributed by atoms with van der Waals surface area (Å²) in [4.78, 5) is 2.41. The smallest absolute Gasteiger partial charge is 0.0497 e. The van der Waals surface area contributed by atoms with Gasteiger partial charge in [-0.05, 0) is 30.5 Å². The minimum Gasteiger partial charge on any atom is -0.396 e. The first kappa shape index (κ1) is 10.5. The highest BCUT2D eigenvalue weighted by Gasteiger charge is 2.21. The number of fused-ring (bicyclic) bond motifs is 1. The first-order chi connectivity index (χ1) is 7.27. The molecule has 1 heterocycles. The zero-order valence-corrected chi connectivity index (χ0v) is 9.53. The summed E-state index contributed by atoms with van der Waals surface area (Å²) in [6, 6.07) is 6.45. The van der Waals surface area contributed by atoms with Crippen molar-refractivity contribution < 1.29 is 5.11 Å². The van der Waals surface area contributed by atoms with E-state index in [9.17, 15) is 5.11 Å². The van der Waals surface area contributed by atoms with Crippen LogP contribution in [0.2, 0.25) is 0 Å². The number of rotatable bonds is 3. The van der Waals surface area contributed by atoms with Crippen molar-refractivity contribution in [2.45, 2.75) is 26.2 Å². The molecular formula is C13H19NO. The molecule has 1 aliphatic heterocycles. The van der Waals surface area contributed by atoms with Gasteiger partial charge in [-0.3, -0.25) is 0 Å². The molecular weight excluding hydrogens is 186 g/mol. The molecule has 2 heteroatoms. The first-order valence-corrected chi connectivity index (χ1v) is 5.75. The minimum absolute atomic E-state index is 0.239. The third-order valence-corrected chi connectivity index (χ3v) is 3.35. The molecule has 0 amide bonds. The highest BCUT2D eigenvalue weighted by atomic mass is 16.3. The third kappa shape index (κ3) is 1.74. The molecule has 0 bridgehead atoms. The molecule has 15 heavy (non-hydrogen) atoms. The van der Waals surface area contributed by atoms with Gasteiger partial charge in [0.2, 0.25) is 0 Å². The average molecular weight is 205 g/mol. The van der Waals surface area contributed by atoms with Gasteiger partial charge >= 0.3 is 0 Å². The Morgan fingerprint density at radius 2 is 2.27 bits per heavy atom. The number of aliphatic hydroxyl groups excluding tert-OH is 1. The summed E-state index contributed by atoms with van der Waals surface area (Å²) in [6.07, 6.45) is 1.13. The zero-order chi connectivity index (χ0) is 10.8. The Kier molecular flexibility index (Phi) is 2.96. The molecule has 2 rings (SSSR count). The molecule has 2 nitrogen and oxygen atoms in total. The largest absolute Gasteiger partial charge is 0.396 e. The van der Waals surface area contributed by atoms with Gasteiger partial charge in [-0.15, -0.1) is 0 Å². The second-order valence-electron chi connectivity index (χ2n) is 4.26. The van der Waals surface area contributed by atoms with E-state index in [1.807, 2.05) is 0 Å². The van der Waals surface area contributed by atoms with Crippen molar-refractivity contribution in [2.24, 2.45) is 0 Å². The van der Waals surface area contributed by atoms with E-state index in [2.05, 4.69) is 36.9 Å². The lowest BCUT2D eigenvalue weighted by molar-refractivity contribution is 0.272. The third-order valence-electron chi connectivity index (χ3n) is 3.35. The quantitative estimate of drug-likeness (QED) is 0.817. The molecule has 1 aromatic rings. The molecule has 1 aromatic carbocycles. The van der Waals surface area contributed by atoms with Crippen molar-refractivity contribution in [2.75, 3.05) is 24.6 Å². The van der Waals surface area contributed by atoms with Crippen LogP contribution in [0.5, 0.6) is 0 Å². The lowest BCUT2D eigenvalue weighted by Crippen LogP contribution is -2.18. The summed E-state index contributed by atoms with van der Waals surface area (Å²) in [5.41, 5.74) is 4.14. The van der Waals surface area contributed by atoms with Crippen LogP contribution in [-0.2, 0) is 6.42 Å². The Bertz CT molecular complexity index is 348. The monoisotopic (exact) mass is 205 g/mol. The maximum Gasteiger partial charge on any atom is 0.0497 e. The van der Waals surface area contributed by atoms with Gasteiger partial charge < -0.3 is 10.0 Å². The molecule has 0 fully saturated rings. The van der Waals surface area contributed by atoms with E-state index < -0.39 is 0 Å². The van der Waals surface area contributed by atoms with Crippen LogP contribution in [0, 0.1) is 0 Å². The van der Waals surface area contributed by atoms with Gasteiger partial charge in [0.15, 0.2) is 0 Å². The van der Waals surface area contributed by atoms with Crippen LogP contribution in [0.1, 0.15) is 30.9 Å². The Balaban J connectivity index is 2.39. The van der Waals surface area contributed by atoms with Gasteiger partial charge in [0.05, 0.1) is 0 Å². The average Bonchev–Trinajstić information content (AvgIpc) is 2.70. The fraction of sp³-hybridized carbons (Fsp3) is 0.538. The van der Waals surface area contributed by atoms with E-state index in [0.717, 1.165) is 19.5 Å². The van der Waals surface area contributed by atoms with Crippen molar-refractivity contribution in [3.8, 4) is 0 Å². The van der Waals surface area contributed by atoms with Crippen molar-refractivity contribution in [1.29, 1.82) is 0 Å². The molecule has 82 valence electrons. The van der Waals surface area contributed by atoms with Crippen molar-refractivity contribution in [1.82, 2.24) is 0 Å². The number of benzene rings is 1. The van der Waals surface area contributed by atoms with Gasteiger partial charge in [-0.1, -0.05) is 19.1 Å². The van der Waals surface area contributed by atoms with Crippen molar-refractivity contribution >= 4 is 5.69 Å². The van der Waals surface area contributed by atoms with Crippen LogP contribution < -0.4 is 4.90 Å². The van der Waals surface area contributed by atoms with Gasteiger partial charge in [0, 0.05) is 31.3 Å². The standard InChI is InChI=1S/C13H19NO/c1-3-14-8-7-12-11(10(2)9-15)5-4-6-13(12)14/h4-6,10,15H,3,7-9H2,1-2H3. The van der Waals surface area contributed by atoms with Crippen LogP contribution in [0.3, 0.4) is 0 Å². The van der Waals surface area contributed by atoms with Crippen LogP contribution >= 0.6 is 0 Å². The second-order valence-corrected chi connectivity index (χ2v) is 4.26. The van der Waals surface area contributed by atoms with E-state index in [-0.39, 0.29) is 12.5 Å². The number of likely N-dealkylation sites (N-methyl/N-ethyl adjacent to an activating group) is 1. The van der Waals surface area contributed by atoms with E-state index in [1.165, 1.54) is 16.8 Å². The molecule has 1 unspecified atom stereocenters. The maximum absolute atomic E-state index is 9.23. The van der Waals surface area contributed by atoms with Gasteiger partial charge in [-0.2, -0.15) is 0 Å². The van der Waals surface area contributed by atoms with Crippen LogP contribution in [0.25, 0.3) is 0 Å². The Morgan fingerprint density at radius 1 is 1.47 bits per heavy atom. The molecule has 0 saturated heterocycles. The van der Waals surface area contributed by atoms with E-state index in [4.69, 9.17) is 0 Å². The predicted octanol–water partition coefficient (Wildman–Crippen LogP) is 2.16. The Labute approximate surface area is 91.5 Å². The van der Waals surface area contributed by atoms with Crippen LogP contribution in [0.4, 0.5) is 5.69 Å². The van der Waals surface area contributed by atoms with Crippen molar-refractivity contribution in [3.05, 3.63) is 29.3 Å². The summed E-state index contributed by atoms with van der Waals surface area (Å²) >= 11 is 0. The van der Waals surface area contributed by atoms with E-state index in [1.54, 1.807) is 0 Å². The highest BCUT2D eigenvalue weighted by Crippen LogP contribution is 2.33. The SMILES string of the molecule is CCN1CCc2c(C(C)CO)cccc21. The summed E-state index contributed by atoms with van der Waals surface area (Å²) in [6.45, 7) is 6.72. The topological polar surface area (TPSA) is 23.5 Å². The van der Waals surface area contributed by atoms with Gasteiger partial charge in [0.25, 0.3) is 0 Å². The number of aliphatic hydroxyl groups is 1. The van der Waals surface area contributed by atoms with Crippen LogP contribution in [-0.4, -0.2) is 24.8 Å². The van der Waals surface area contributed by atoms with Crippen molar-refractivity contribution in [3.63, 3.8) is 0 Å². The van der Waals surface area contributed by atoms with E-state index >= 15 is 0 Å². The predicted molar refractivity (Wildman–Crippen MR) is 63.5 cm³/mol. The highest BCUT2D eigenvalue weighted by molar-refractivity contribution is 5.61. The molecule has 1 aliphatic rings. The molecule has 1 N–H and O–H groups in total. The molecule has 0 radical (unpaired) electrons. The number of nitrogens with zero attached hydrogens (tertiary/aromatic N) is 1. The number of hydrogen-bond donors (Lipinski definition) is 1. The number of hydrogen-bond acceptors (Lipinski definition) is 2. The van der Waals surface area contributed by atoms with Gasteiger partial charge in [-0.25, -0.2) is 0 Å². The second kappa shape index (κ2) is 4.23. The fourth-order valence-corrected chi connectivity index (χ4v) is 2.42. The van der Waals surface area contributed by atoms with E-state index in [0.29, 0.717) is 0 Å². The summed E-state index contributed by atoms with van der Waals surface area (Å²) in [5, 5.41) is 9.23. The number of anilines is 1. The Hall–Kier alpha value is -1.02. The lowest BCUT2D eigenvalue weighted by Gasteiger charge is -2.18.